The van der Waals surface area contributed by atoms with E-state index in [-0.39, 0.29) is 22.9 Å². The van der Waals surface area contributed by atoms with Crippen molar-refractivity contribution >= 4 is 51.5 Å². The molecule has 3 aromatic carbocycles. The van der Waals surface area contributed by atoms with Crippen molar-refractivity contribution in [1.82, 2.24) is 4.98 Å². The Balaban J connectivity index is 0.000000220. The molecule has 35 heavy (non-hydrogen) atoms. The number of carboxylic acids is 1. The average molecular weight is 476 g/mol. The van der Waals surface area contributed by atoms with Crippen molar-refractivity contribution in [3.05, 3.63) is 66.2 Å². The zero-order valence-electron chi connectivity index (χ0n) is 20.0. The van der Waals surface area contributed by atoms with Gasteiger partial charge in [-0.1, -0.05) is 49.7 Å². The first-order valence-electron chi connectivity index (χ1n) is 11.3. The van der Waals surface area contributed by atoms with Gasteiger partial charge in [0.2, 0.25) is 12.3 Å². The van der Waals surface area contributed by atoms with Crippen LogP contribution < -0.4 is 15.0 Å². The Hall–Kier alpha value is -4.33. The lowest BCUT2D eigenvalue weighted by Crippen LogP contribution is -2.27. The molecule has 0 saturated heterocycles. The lowest BCUT2D eigenvalue weighted by atomic mass is 10.1. The van der Waals surface area contributed by atoms with Gasteiger partial charge in [-0.2, -0.15) is 0 Å². The van der Waals surface area contributed by atoms with Crippen LogP contribution in [0.4, 0.5) is 11.4 Å². The van der Waals surface area contributed by atoms with E-state index in [0.717, 1.165) is 12.8 Å². The molecular formula is C27H29N3O5. The first kappa shape index (κ1) is 25.3. The Kier molecular flexibility index (Phi) is 8.45. The van der Waals surface area contributed by atoms with Crippen LogP contribution in [0.5, 0.6) is 5.75 Å². The number of rotatable bonds is 8. The number of hydrogen-bond acceptors (Lipinski definition) is 4. The van der Waals surface area contributed by atoms with Crippen molar-refractivity contribution in [2.45, 2.75) is 26.2 Å². The van der Waals surface area contributed by atoms with Gasteiger partial charge in [-0.25, -0.2) is 4.79 Å². The smallest absolute Gasteiger partial charge is 0.339 e. The Bertz CT molecular complexity index is 1300. The summed E-state index contributed by atoms with van der Waals surface area (Å²) >= 11 is 0. The number of aromatic amines is 1. The number of fused-ring (bicyclic) bond motifs is 3. The second-order valence-corrected chi connectivity index (χ2v) is 7.88. The number of carbonyl (C=O) groups is 3. The third-order valence-electron chi connectivity index (χ3n) is 5.65. The number of ether oxygens (including phenoxy) is 1. The number of unbranched alkanes of at least 4 members (excludes halogenated alkanes) is 1. The van der Waals surface area contributed by atoms with Gasteiger partial charge >= 0.3 is 5.97 Å². The van der Waals surface area contributed by atoms with Gasteiger partial charge in [0.15, 0.2) is 5.75 Å². The Morgan fingerprint density at radius 1 is 1.03 bits per heavy atom. The van der Waals surface area contributed by atoms with Crippen molar-refractivity contribution in [3.8, 4) is 5.75 Å². The number of nitrogens with one attached hydrogen (secondary N) is 2. The molecule has 8 heteroatoms. The molecule has 2 amide bonds. The molecule has 0 aliphatic rings. The van der Waals surface area contributed by atoms with Gasteiger partial charge in [0.1, 0.15) is 11.3 Å². The largest absolute Gasteiger partial charge is 0.494 e. The highest BCUT2D eigenvalue weighted by Crippen LogP contribution is 2.39. The van der Waals surface area contributed by atoms with E-state index >= 15 is 0 Å². The summed E-state index contributed by atoms with van der Waals surface area (Å²) in [7, 11) is 2.85. The number of nitrogens with zero attached hydrogens (tertiary/aromatic N) is 1. The topological polar surface area (TPSA) is 112 Å². The molecule has 0 aliphatic carbocycles. The Labute approximate surface area is 203 Å². The maximum atomic E-state index is 12.2. The molecule has 0 saturated carbocycles. The standard InChI is InChI=1S/C15H20N2O5.C12H9N/c1-4-5-6-12(19)17(2)13-11(16-9-18)8-7-10(15(20)21)14(13)22-3;1-3-7-11-9(5-1)10-6-2-4-8-12(10)13-11/h7-9H,4-6H2,1-3H3,(H,16,18)(H,20,21);1-8,13H. The number of H-pyrrole nitrogens is 1. The zero-order chi connectivity index (χ0) is 25.4. The van der Waals surface area contributed by atoms with Crippen LogP contribution in [0, 0.1) is 0 Å². The normalized spacial score (nSPS) is 10.4. The maximum absolute atomic E-state index is 12.2. The number of para-hydroxylation sites is 2. The number of methoxy groups -OCH3 is 1. The van der Waals surface area contributed by atoms with Crippen molar-refractivity contribution in [3.63, 3.8) is 0 Å². The van der Waals surface area contributed by atoms with E-state index in [1.54, 1.807) is 0 Å². The lowest BCUT2D eigenvalue weighted by molar-refractivity contribution is -0.118. The van der Waals surface area contributed by atoms with E-state index in [2.05, 4.69) is 58.8 Å². The summed E-state index contributed by atoms with van der Waals surface area (Å²) < 4.78 is 5.17. The quantitative estimate of drug-likeness (QED) is 0.294. The minimum atomic E-state index is -1.18. The first-order chi connectivity index (χ1) is 16.9. The van der Waals surface area contributed by atoms with E-state index in [1.165, 1.54) is 53.0 Å². The van der Waals surface area contributed by atoms with E-state index in [9.17, 15) is 19.5 Å². The van der Waals surface area contributed by atoms with Crippen LogP contribution >= 0.6 is 0 Å². The summed E-state index contributed by atoms with van der Waals surface area (Å²) in [4.78, 5) is 38.9. The van der Waals surface area contributed by atoms with Gasteiger partial charge in [0, 0.05) is 35.3 Å². The molecule has 1 heterocycles. The molecule has 4 rings (SSSR count). The molecule has 8 nitrogen and oxygen atoms in total. The Morgan fingerprint density at radius 2 is 1.63 bits per heavy atom. The van der Waals surface area contributed by atoms with Gasteiger partial charge in [-0.15, -0.1) is 0 Å². The molecule has 1 aromatic heterocycles. The van der Waals surface area contributed by atoms with E-state index in [4.69, 9.17) is 4.74 Å². The van der Waals surface area contributed by atoms with Crippen LogP contribution in [-0.4, -0.2) is 42.5 Å². The van der Waals surface area contributed by atoms with Crippen LogP contribution in [0.25, 0.3) is 21.8 Å². The van der Waals surface area contributed by atoms with E-state index < -0.39 is 5.97 Å². The monoisotopic (exact) mass is 475 g/mol. The predicted octanol–water partition coefficient (Wildman–Crippen LogP) is 5.44. The fourth-order valence-electron chi connectivity index (χ4n) is 3.88. The highest BCUT2D eigenvalue weighted by Gasteiger charge is 2.24. The highest BCUT2D eigenvalue weighted by atomic mass is 16.5. The number of carboxylic acid groups (broad SMARTS) is 1. The van der Waals surface area contributed by atoms with Crippen LogP contribution in [0.2, 0.25) is 0 Å². The molecule has 0 radical (unpaired) electrons. The van der Waals surface area contributed by atoms with E-state index in [1.807, 2.05) is 6.92 Å². The molecule has 182 valence electrons. The molecule has 4 aromatic rings. The fourth-order valence-corrected chi connectivity index (χ4v) is 3.88. The summed E-state index contributed by atoms with van der Waals surface area (Å²) in [5, 5.41) is 14.3. The van der Waals surface area contributed by atoms with Crippen LogP contribution in [0.15, 0.2) is 60.7 Å². The minimum Gasteiger partial charge on any atom is -0.494 e. The minimum absolute atomic E-state index is 0.0340. The summed E-state index contributed by atoms with van der Waals surface area (Å²) in [6, 6.07) is 19.5. The molecule has 0 aliphatic heterocycles. The molecule has 0 atom stereocenters. The van der Waals surface area contributed by atoms with Crippen LogP contribution in [0.3, 0.4) is 0 Å². The molecule has 0 unspecified atom stereocenters. The number of hydrogen-bond donors (Lipinski definition) is 3. The zero-order valence-corrected chi connectivity index (χ0v) is 20.0. The van der Waals surface area contributed by atoms with Gasteiger partial charge in [-0.3, -0.25) is 9.59 Å². The molecule has 0 spiro atoms. The molecule has 0 bridgehead atoms. The van der Waals surface area contributed by atoms with E-state index in [0.29, 0.717) is 18.5 Å². The summed E-state index contributed by atoms with van der Waals surface area (Å²) in [6.45, 7) is 1.97. The SMILES string of the molecule is CCCCC(=O)N(C)c1c(NC=O)ccc(C(=O)O)c1OC.c1ccc2c(c1)[nH]c1ccccc12. The number of aromatic nitrogens is 1. The lowest BCUT2D eigenvalue weighted by Gasteiger charge is -2.23. The third-order valence-corrected chi connectivity index (χ3v) is 5.65. The third kappa shape index (κ3) is 5.60. The van der Waals surface area contributed by atoms with Crippen molar-refractivity contribution in [1.29, 1.82) is 0 Å². The number of benzene rings is 3. The van der Waals surface area contributed by atoms with Crippen LogP contribution in [-0.2, 0) is 9.59 Å². The predicted molar refractivity (Wildman–Crippen MR) is 138 cm³/mol. The molecule has 3 N–H and O–H groups in total. The first-order valence-corrected chi connectivity index (χ1v) is 11.3. The number of aromatic carboxylic acids is 1. The maximum Gasteiger partial charge on any atom is 0.339 e. The van der Waals surface area contributed by atoms with Crippen LogP contribution in [0.1, 0.15) is 36.5 Å². The molecular weight excluding hydrogens is 446 g/mol. The second kappa shape index (κ2) is 11.7. The van der Waals surface area contributed by atoms with Crippen molar-refractivity contribution in [2.24, 2.45) is 0 Å². The summed E-state index contributed by atoms with van der Waals surface area (Å²) in [5.74, 6) is -1.33. The molecule has 0 fully saturated rings. The highest BCUT2D eigenvalue weighted by molar-refractivity contribution is 6.07. The second-order valence-electron chi connectivity index (χ2n) is 7.88. The van der Waals surface area contributed by atoms with Gasteiger partial charge in [0.05, 0.1) is 12.8 Å². The van der Waals surface area contributed by atoms with Gasteiger partial charge < -0.3 is 25.0 Å². The summed E-state index contributed by atoms with van der Waals surface area (Å²) in [6.07, 6.45) is 2.38. The fraction of sp³-hybridized carbons (Fsp3) is 0.222. The Morgan fingerprint density at radius 3 is 2.14 bits per heavy atom. The average Bonchev–Trinajstić information content (AvgIpc) is 3.25. The van der Waals surface area contributed by atoms with Gasteiger partial charge in [0.25, 0.3) is 0 Å². The number of anilines is 2. The summed E-state index contributed by atoms with van der Waals surface area (Å²) in [5.41, 5.74) is 2.89. The van der Waals surface area contributed by atoms with Gasteiger partial charge in [-0.05, 0) is 30.7 Å². The van der Waals surface area contributed by atoms with Crippen molar-refractivity contribution in [2.75, 3.05) is 24.4 Å². The van der Waals surface area contributed by atoms with Crippen molar-refractivity contribution < 1.29 is 24.2 Å². The number of amides is 2. The number of carbonyl (C=O) groups excluding carboxylic acids is 2.